The third kappa shape index (κ3) is 9.48. The molecule has 6 aromatic heterocycles. The van der Waals surface area contributed by atoms with Crippen molar-refractivity contribution in [3.63, 3.8) is 0 Å². The molecule has 0 unspecified atom stereocenters. The molecule has 0 aliphatic rings. The van der Waals surface area contributed by atoms with E-state index in [9.17, 15) is 0 Å². The van der Waals surface area contributed by atoms with Crippen molar-refractivity contribution in [1.82, 2.24) is 29.1 Å². The molecule has 6 nitrogen and oxygen atoms in total. The van der Waals surface area contributed by atoms with Gasteiger partial charge in [0.05, 0.1) is 84.6 Å². The molecule has 92 heavy (non-hydrogen) atoms. The smallest absolute Gasteiger partial charge is 0.200 e. The van der Waals surface area contributed by atoms with Gasteiger partial charge in [0.15, 0.2) is 23.3 Å². The number of benzene rings is 10. The van der Waals surface area contributed by atoms with Crippen LogP contribution in [-0.2, 0) is 0 Å². The van der Waals surface area contributed by atoms with Gasteiger partial charge in [0.1, 0.15) is 0 Å². The van der Waals surface area contributed by atoms with Gasteiger partial charge in [-0.05, 0) is 97.4 Å². The van der Waals surface area contributed by atoms with Gasteiger partial charge in [-0.15, -0.1) is 0 Å². The number of hydrogen-bond donors (Lipinski definition) is 0. The number of hydrogen-bond acceptors (Lipinski definition) is 4. The van der Waals surface area contributed by atoms with Crippen LogP contribution < -0.4 is 0 Å². The maximum Gasteiger partial charge on any atom is 0.200 e. The van der Waals surface area contributed by atoms with Crippen molar-refractivity contribution in [2.24, 2.45) is 0 Å². The average Bonchev–Trinajstić information content (AvgIpc) is 1.52. The topological polar surface area (TPSA) is 61.4 Å². The molecule has 0 saturated carbocycles. The second-order valence-corrected chi connectivity index (χ2v) is 22.7. The van der Waals surface area contributed by atoms with Crippen LogP contribution in [-0.4, -0.2) is 29.1 Å². The van der Waals surface area contributed by atoms with Crippen molar-refractivity contribution in [2.45, 2.75) is 6.92 Å². The second kappa shape index (κ2) is 22.6. The summed E-state index contributed by atoms with van der Waals surface area (Å²) in [6.07, 6.45) is 0. The third-order valence-electron chi connectivity index (χ3n) is 17.3. The molecule has 0 aliphatic heterocycles. The van der Waals surface area contributed by atoms with E-state index in [0.717, 1.165) is 100 Å². The maximum absolute atomic E-state index is 17.1. The molecule has 11 heteroatoms. The minimum absolute atomic E-state index is 0.161. The molecule has 10 aromatic carbocycles. The van der Waals surface area contributed by atoms with Crippen LogP contribution in [0.2, 0.25) is 0 Å². The molecular formula is C81H49F5N6. The van der Waals surface area contributed by atoms with E-state index >= 15 is 22.0 Å². The molecule has 0 fully saturated rings. The molecule has 0 atom stereocenters. The van der Waals surface area contributed by atoms with Crippen molar-refractivity contribution in [3.8, 4) is 113 Å². The number of rotatable bonds is 11. The van der Waals surface area contributed by atoms with Crippen molar-refractivity contribution < 1.29 is 22.0 Å². The van der Waals surface area contributed by atoms with Crippen LogP contribution in [0.1, 0.15) is 5.56 Å². The number of fused-ring (bicyclic) bond motifs is 6. The summed E-state index contributed by atoms with van der Waals surface area (Å²) < 4.78 is 85.6. The fourth-order valence-electron chi connectivity index (χ4n) is 12.9. The first kappa shape index (κ1) is 55.4. The Morgan fingerprint density at radius 1 is 0.250 bits per heavy atom. The first-order chi connectivity index (χ1) is 45.1. The standard InChI is InChI=1S/C81H49F5N6/c1-48-70(91-71-44-53(66-30-14-26-62(87-66)49-18-6-2-7-19-49)34-38-57(71)58-39-35-54(45-72(58)91)67-31-15-27-63(88-67)50-20-8-3-9-21-50)43-42-61(75-76(82)78(84)80(86)79(85)77(75)83)81(48)92-73-46-55(68-32-16-28-64(89-68)51-22-10-4-11-23-51)36-40-59(73)60-41-37-56(47-74(60)92)69-33-17-29-65(90-69)52-24-12-5-13-25-52/h2-47H,1H3. The molecular weight excluding hydrogens is 1150 g/mol. The van der Waals surface area contributed by atoms with Crippen molar-refractivity contribution in [1.29, 1.82) is 0 Å². The van der Waals surface area contributed by atoms with Crippen LogP contribution in [0.5, 0.6) is 0 Å². The van der Waals surface area contributed by atoms with Crippen LogP contribution >= 0.6 is 0 Å². The molecule has 0 amide bonds. The van der Waals surface area contributed by atoms with Crippen LogP contribution in [0.3, 0.4) is 0 Å². The van der Waals surface area contributed by atoms with E-state index < -0.39 is 34.6 Å². The molecule has 0 spiro atoms. The minimum atomic E-state index is -2.26. The molecule has 0 aliphatic carbocycles. The van der Waals surface area contributed by atoms with Gasteiger partial charge in [-0.1, -0.05) is 194 Å². The second-order valence-electron chi connectivity index (χ2n) is 22.7. The van der Waals surface area contributed by atoms with Gasteiger partial charge >= 0.3 is 0 Å². The first-order valence-corrected chi connectivity index (χ1v) is 30.1. The summed E-state index contributed by atoms with van der Waals surface area (Å²) >= 11 is 0. The molecule has 0 N–H and O–H groups in total. The maximum atomic E-state index is 17.1. The monoisotopic (exact) mass is 1200 g/mol. The van der Waals surface area contributed by atoms with E-state index in [2.05, 4.69) is 41.0 Å². The summed E-state index contributed by atoms with van der Waals surface area (Å²) in [5.41, 5.74) is 15.1. The summed E-state index contributed by atoms with van der Waals surface area (Å²) in [6, 6.07) is 90.6. The molecule has 438 valence electrons. The van der Waals surface area contributed by atoms with Gasteiger partial charge in [0.2, 0.25) is 5.82 Å². The Balaban J connectivity index is 1.01. The molecule has 16 rings (SSSR count). The Morgan fingerprint density at radius 2 is 0.522 bits per heavy atom. The zero-order chi connectivity index (χ0) is 62.1. The van der Waals surface area contributed by atoms with Crippen LogP contribution in [0.25, 0.3) is 156 Å². The highest BCUT2D eigenvalue weighted by molar-refractivity contribution is 6.13. The molecule has 16 aromatic rings. The molecule has 0 radical (unpaired) electrons. The quantitative estimate of drug-likeness (QED) is 0.0735. The summed E-state index contributed by atoms with van der Waals surface area (Å²) in [4.78, 5) is 20.7. The van der Waals surface area contributed by atoms with Crippen LogP contribution in [0, 0.1) is 36.0 Å². The van der Waals surface area contributed by atoms with Gasteiger partial charge in [-0.2, -0.15) is 0 Å². The van der Waals surface area contributed by atoms with E-state index in [1.54, 1.807) is 6.07 Å². The highest BCUT2D eigenvalue weighted by atomic mass is 19.2. The summed E-state index contributed by atoms with van der Waals surface area (Å²) in [5.74, 6) is -10.3. The summed E-state index contributed by atoms with van der Waals surface area (Å²) in [6.45, 7) is 1.84. The molecule has 6 heterocycles. The van der Waals surface area contributed by atoms with Gasteiger partial charge in [-0.25, -0.2) is 41.9 Å². The van der Waals surface area contributed by atoms with Crippen molar-refractivity contribution in [2.75, 3.05) is 0 Å². The lowest BCUT2D eigenvalue weighted by Gasteiger charge is -2.22. The highest BCUT2D eigenvalue weighted by Crippen LogP contribution is 2.46. The number of aromatic nitrogens is 6. The zero-order valence-electron chi connectivity index (χ0n) is 49.1. The number of nitrogens with zero attached hydrogens (tertiary/aromatic N) is 6. The third-order valence-corrected chi connectivity index (χ3v) is 17.3. The highest BCUT2D eigenvalue weighted by Gasteiger charge is 2.31. The lowest BCUT2D eigenvalue weighted by Crippen LogP contribution is -2.09. The lowest BCUT2D eigenvalue weighted by molar-refractivity contribution is 0.381. The minimum Gasteiger partial charge on any atom is -0.309 e. The van der Waals surface area contributed by atoms with E-state index in [0.29, 0.717) is 44.8 Å². The van der Waals surface area contributed by atoms with E-state index in [1.807, 2.05) is 242 Å². The Morgan fingerprint density at radius 3 is 0.826 bits per heavy atom. The van der Waals surface area contributed by atoms with E-state index in [-0.39, 0.29) is 11.3 Å². The Bertz CT molecular complexity index is 5280. The van der Waals surface area contributed by atoms with E-state index in [4.69, 9.17) is 19.9 Å². The normalized spacial score (nSPS) is 11.6. The van der Waals surface area contributed by atoms with Gasteiger partial charge < -0.3 is 9.13 Å². The fourth-order valence-corrected chi connectivity index (χ4v) is 12.9. The number of pyridine rings is 4. The van der Waals surface area contributed by atoms with E-state index in [1.165, 1.54) is 6.07 Å². The Hall–Kier alpha value is -12.0. The van der Waals surface area contributed by atoms with Crippen LogP contribution in [0.4, 0.5) is 22.0 Å². The molecule has 0 bridgehead atoms. The zero-order valence-corrected chi connectivity index (χ0v) is 49.1. The number of halogens is 5. The van der Waals surface area contributed by atoms with Gasteiger partial charge in [-0.3, -0.25) is 0 Å². The fraction of sp³-hybridized carbons (Fsp3) is 0.0123. The SMILES string of the molecule is Cc1c(-n2c3cc(-c4cccc(-c5ccccc5)n4)ccc3c3ccc(-c4cccc(-c5ccccc5)n4)cc32)ccc(-c2c(F)c(F)c(F)c(F)c2F)c1-n1c2cc(-c3cccc(-c4ccccc4)n3)ccc2c2ccc(-c3cccc(-c4ccccc4)n3)cc21. The first-order valence-electron chi connectivity index (χ1n) is 30.1. The largest absolute Gasteiger partial charge is 0.309 e. The predicted molar refractivity (Wildman–Crippen MR) is 360 cm³/mol. The van der Waals surface area contributed by atoms with Crippen LogP contribution in [0.15, 0.2) is 279 Å². The Kier molecular flexibility index (Phi) is 13.6. The average molecular weight is 1200 g/mol. The van der Waals surface area contributed by atoms with Crippen molar-refractivity contribution in [3.05, 3.63) is 314 Å². The predicted octanol–water partition coefficient (Wildman–Crippen LogP) is 21.5. The summed E-state index contributed by atoms with van der Waals surface area (Å²) in [5, 5.41) is 3.25. The van der Waals surface area contributed by atoms with Gasteiger partial charge in [0, 0.05) is 71.6 Å². The lowest BCUT2D eigenvalue weighted by atomic mass is 9.96. The molecule has 0 saturated heterocycles. The summed E-state index contributed by atoms with van der Waals surface area (Å²) in [7, 11) is 0. The Labute approximate surface area is 525 Å². The van der Waals surface area contributed by atoms with Gasteiger partial charge in [0.25, 0.3) is 0 Å². The van der Waals surface area contributed by atoms with Crippen molar-refractivity contribution >= 4 is 43.6 Å².